The lowest BCUT2D eigenvalue weighted by atomic mass is 10.1. The highest BCUT2D eigenvalue weighted by atomic mass is 16.3. The third kappa shape index (κ3) is 1.13. The van der Waals surface area contributed by atoms with Crippen molar-refractivity contribution in [1.82, 2.24) is 9.97 Å². The molecular weight excluding hydrogens is 188 g/mol. The minimum atomic E-state index is -0.0724. The number of fused-ring (bicyclic) bond motifs is 3. The molecule has 0 unspecified atom stereocenters. The van der Waals surface area contributed by atoms with Gasteiger partial charge in [-0.3, -0.25) is 9.97 Å². The van der Waals surface area contributed by atoms with E-state index in [1.54, 1.807) is 18.5 Å². The second-order valence-electron chi connectivity index (χ2n) is 3.35. The molecule has 2 aromatic carbocycles. The van der Waals surface area contributed by atoms with Gasteiger partial charge >= 0.3 is 0 Å². The Bertz CT molecular complexity index is 649. The SMILES string of the molecule is [O-]c1cc2ccccc2c2nccnc12. The van der Waals surface area contributed by atoms with Crippen molar-refractivity contribution < 1.29 is 5.11 Å². The molecule has 0 saturated carbocycles. The number of benzene rings is 2. The van der Waals surface area contributed by atoms with E-state index < -0.39 is 0 Å². The molecule has 0 aliphatic carbocycles. The van der Waals surface area contributed by atoms with Gasteiger partial charge in [0.2, 0.25) is 0 Å². The quantitative estimate of drug-likeness (QED) is 0.514. The molecule has 72 valence electrons. The van der Waals surface area contributed by atoms with E-state index in [0.29, 0.717) is 11.0 Å². The maximum atomic E-state index is 11.7. The van der Waals surface area contributed by atoms with Gasteiger partial charge in [0.1, 0.15) is 0 Å². The lowest BCUT2D eigenvalue weighted by molar-refractivity contribution is -0.265. The van der Waals surface area contributed by atoms with Crippen LogP contribution in [-0.4, -0.2) is 9.97 Å². The van der Waals surface area contributed by atoms with Crippen molar-refractivity contribution in [3.05, 3.63) is 42.7 Å². The summed E-state index contributed by atoms with van der Waals surface area (Å²) in [6.07, 6.45) is 3.15. The van der Waals surface area contributed by atoms with E-state index in [1.807, 2.05) is 24.3 Å². The van der Waals surface area contributed by atoms with Gasteiger partial charge in [-0.25, -0.2) is 0 Å². The molecule has 0 spiro atoms. The third-order valence-electron chi connectivity index (χ3n) is 2.43. The summed E-state index contributed by atoms with van der Waals surface area (Å²) in [5, 5.41) is 13.6. The average molecular weight is 195 g/mol. The zero-order chi connectivity index (χ0) is 10.3. The highest BCUT2D eigenvalue weighted by Crippen LogP contribution is 2.27. The van der Waals surface area contributed by atoms with Crippen LogP contribution in [-0.2, 0) is 0 Å². The maximum absolute atomic E-state index is 11.7. The summed E-state index contributed by atoms with van der Waals surface area (Å²) in [5.41, 5.74) is 1.12. The number of hydrogen-bond acceptors (Lipinski definition) is 3. The second kappa shape index (κ2) is 2.92. The Balaban J connectivity index is 2.64. The number of aromatic nitrogens is 2. The molecule has 0 aliphatic heterocycles. The Morgan fingerprint density at radius 2 is 1.67 bits per heavy atom. The van der Waals surface area contributed by atoms with E-state index in [9.17, 15) is 5.11 Å². The van der Waals surface area contributed by atoms with Crippen LogP contribution in [0.3, 0.4) is 0 Å². The average Bonchev–Trinajstić information content (AvgIpc) is 2.30. The molecule has 1 heterocycles. The van der Waals surface area contributed by atoms with E-state index in [4.69, 9.17) is 0 Å². The van der Waals surface area contributed by atoms with Gasteiger partial charge in [-0.15, -0.1) is 0 Å². The standard InChI is InChI=1S/C12H8N2O/c15-10-7-8-3-1-2-4-9(8)11-12(10)14-6-5-13-11/h1-7,15H/p-1. The highest BCUT2D eigenvalue weighted by Gasteiger charge is 2.01. The molecule has 3 aromatic rings. The highest BCUT2D eigenvalue weighted by molar-refractivity contribution is 6.06. The van der Waals surface area contributed by atoms with Gasteiger partial charge < -0.3 is 5.11 Å². The smallest absolute Gasteiger partial charge is 0.0958 e. The van der Waals surface area contributed by atoms with Crippen molar-refractivity contribution in [2.75, 3.05) is 0 Å². The Kier molecular flexibility index (Phi) is 1.59. The first-order chi connectivity index (χ1) is 7.36. The third-order valence-corrected chi connectivity index (χ3v) is 2.43. The van der Waals surface area contributed by atoms with Crippen LogP contribution in [0.25, 0.3) is 21.8 Å². The Morgan fingerprint density at radius 1 is 0.933 bits per heavy atom. The van der Waals surface area contributed by atoms with Crippen LogP contribution in [0.2, 0.25) is 0 Å². The summed E-state index contributed by atoms with van der Waals surface area (Å²) in [4.78, 5) is 8.26. The molecule has 3 rings (SSSR count). The Morgan fingerprint density at radius 3 is 2.53 bits per heavy atom. The Labute approximate surface area is 86.0 Å². The van der Waals surface area contributed by atoms with Gasteiger partial charge in [-0.05, 0) is 5.39 Å². The van der Waals surface area contributed by atoms with Crippen molar-refractivity contribution >= 4 is 21.8 Å². The minimum absolute atomic E-state index is 0.0724. The number of rotatable bonds is 0. The monoisotopic (exact) mass is 195 g/mol. The fraction of sp³-hybridized carbons (Fsp3) is 0. The zero-order valence-electron chi connectivity index (χ0n) is 7.84. The summed E-state index contributed by atoms with van der Waals surface area (Å²) in [6.45, 7) is 0. The summed E-state index contributed by atoms with van der Waals surface area (Å²) in [5.74, 6) is -0.0724. The maximum Gasteiger partial charge on any atom is 0.0958 e. The van der Waals surface area contributed by atoms with Gasteiger partial charge in [0.05, 0.1) is 11.0 Å². The summed E-state index contributed by atoms with van der Waals surface area (Å²) in [6, 6.07) is 9.30. The predicted octanol–water partition coefficient (Wildman–Crippen LogP) is 1.86. The Hall–Kier alpha value is -2.16. The second-order valence-corrected chi connectivity index (χ2v) is 3.35. The number of nitrogens with zero attached hydrogens (tertiary/aromatic N) is 2. The molecule has 0 N–H and O–H groups in total. The number of hydrogen-bond donors (Lipinski definition) is 0. The van der Waals surface area contributed by atoms with Crippen molar-refractivity contribution in [2.24, 2.45) is 0 Å². The zero-order valence-corrected chi connectivity index (χ0v) is 7.84. The van der Waals surface area contributed by atoms with Crippen LogP contribution < -0.4 is 5.11 Å². The van der Waals surface area contributed by atoms with Crippen molar-refractivity contribution in [2.45, 2.75) is 0 Å². The fourth-order valence-electron chi connectivity index (χ4n) is 1.76. The molecule has 3 heteroatoms. The lowest BCUT2D eigenvalue weighted by Gasteiger charge is -2.10. The van der Waals surface area contributed by atoms with Gasteiger partial charge in [0, 0.05) is 17.8 Å². The van der Waals surface area contributed by atoms with Crippen LogP contribution in [0.4, 0.5) is 0 Å². The van der Waals surface area contributed by atoms with E-state index >= 15 is 0 Å². The van der Waals surface area contributed by atoms with Crippen LogP contribution in [0.1, 0.15) is 0 Å². The summed E-state index contributed by atoms with van der Waals surface area (Å²) in [7, 11) is 0. The molecule has 1 aromatic heterocycles. The molecule has 15 heavy (non-hydrogen) atoms. The van der Waals surface area contributed by atoms with Gasteiger partial charge in [-0.1, -0.05) is 36.1 Å². The van der Waals surface area contributed by atoms with Crippen LogP contribution >= 0.6 is 0 Å². The lowest BCUT2D eigenvalue weighted by Crippen LogP contribution is -1.94. The van der Waals surface area contributed by atoms with E-state index in [1.165, 1.54) is 0 Å². The first-order valence-corrected chi connectivity index (χ1v) is 4.66. The van der Waals surface area contributed by atoms with Crippen molar-refractivity contribution in [1.29, 1.82) is 0 Å². The van der Waals surface area contributed by atoms with Gasteiger partial charge in [0.25, 0.3) is 0 Å². The van der Waals surface area contributed by atoms with E-state index in [2.05, 4.69) is 9.97 Å². The molecule has 0 amide bonds. The molecular formula is C12H7N2O-. The van der Waals surface area contributed by atoms with Gasteiger partial charge in [-0.2, -0.15) is 0 Å². The molecule has 0 aliphatic rings. The van der Waals surface area contributed by atoms with Crippen LogP contribution in [0.15, 0.2) is 42.7 Å². The molecule has 0 atom stereocenters. The fourth-order valence-corrected chi connectivity index (χ4v) is 1.76. The molecule has 3 nitrogen and oxygen atoms in total. The topological polar surface area (TPSA) is 48.8 Å². The van der Waals surface area contributed by atoms with Crippen molar-refractivity contribution in [3.8, 4) is 5.75 Å². The summed E-state index contributed by atoms with van der Waals surface area (Å²) < 4.78 is 0. The van der Waals surface area contributed by atoms with E-state index in [0.717, 1.165) is 10.8 Å². The van der Waals surface area contributed by atoms with Crippen molar-refractivity contribution in [3.63, 3.8) is 0 Å². The molecule has 0 saturated heterocycles. The normalized spacial score (nSPS) is 10.9. The molecule has 0 fully saturated rings. The predicted molar refractivity (Wildman–Crippen MR) is 56.5 cm³/mol. The van der Waals surface area contributed by atoms with E-state index in [-0.39, 0.29) is 5.75 Å². The first-order valence-electron chi connectivity index (χ1n) is 4.66. The van der Waals surface area contributed by atoms with Crippen LogP contribution in [0.5, 0.6) is 5.75 Å². The van der Waals surface area contributed by atoms with Crippen LogP contribution in [0, 0.1) is 0 Å². The minimum Gasteiger partial charge on any atom is -0.871 e. The van der Waals surface area contributed by atoms with Gasteiger partial charge in [0.15, 0.2) is 0 Å². The molecule has 0 radical (unpaired) electrons. The largest absolute Gasteiger partial charge is 0.871 e. The molecule has 0 bridgehead atoms. The summed E-state index contributed by atoms with van der Waals surface area (Å²) >= 11 is 0. The first kappa shape index (κ1) is 8.17.